The molecule has 0 bridgehead atoms. The first-order valence-electron chi connectivity index (χ1n) is 8.30. The molecule has 1 spiro atoms. The highest BCUT2D eigenvalue weighted by atomic mass is 35.5. The Morgan fingerprint density at radius 2 is 2.04 bits per heavy atom. The van der Waals surface area contributed by atoms with Gasteiger partial charge in [-0.05, 0) is 31.0 Å². The predicted octanol–water partition coefficient (Wildman–Crippen LogP) is 4.34. The van der Waals surface area contributed by atoms with Crippen LogP contribution in [0.5, 0.6) is 0 Å². The molecule has 0 saturated carbocycles. The summed E-state index contributed by atoms with van der Waals surface area (Å²) in [5.41, 5.74) is 2.70. The molecule has 3 aromatic rings. The van der Waals surface area contributed by atoms with Crippen LogP contribution in [-0.2, 0) is 16.8 Å². The zero-order valence-electron chi connectivity index (χ0n) is 13.7. The summed E-state index contributed by atoms with van der Waals surface area (Å²) in [4.78, 5) is 16.4. The Morgan fingerprint density at radius 1 is 1.27 bits per heavy atom. The number of hydrogen-bond acceptors (Lipinski definition) is 2. The first kappa shape index (κ1) is 16.1. The fraction of sp³-hybridized carbons (Fsp3) is 0.211. The van der Waals surface area contributed by atoms with Crippen LogP contribution in [0.1, 0.15) is 23.7 Å². The van der Waals surface area contributed by atoms with Crippen molar-refractivity contribution in [3.8, 4) is 0 Å². The Bertz CT molecular complexity index is 1110. The van der Waals surface area contributed by atoms with E-state index in [0.29, 0.717) is 23.0 Å². The van der Waals surface area contributed by atoms with Crippen LogP contribution in [-0.4, -0.2) is 16.9 Å². The maximum Gasteiger partial charge on any atom is 0.255 e. The van der Waals surface area contributed by atoms with E-state index < -0.39 is 11.4 Å². The minimum atomic E-state index is -1.06. The fourth-order valence-corrected chi connectivity index (χ4v) is 4.87. The lowest BCUT2D eigenvalue weighted by molar-refractivity contribution is -0.121. The Kier molecular flexibility index (Phi) is 3.24. The summed E-state index contributed by atoms with van der Waals surface area (Å²) in [5.74, 6) is -0.806. The smallest absolute Gasteiger partial charge is 0.255 e. The minimum absolute atomic E-state index is 0.00629. The number of amides is 1. The minimum Gasteiger partial charge on any atom is -0.356 e. The lowest BCUT2D eigenvalue weighted by Gasteiger charge is -2.37. The Balaban J connectivity index is 1.90. The molecule has 5 rings (SSSR count). The van der Waals surface area contributed by atoms with Crippen molar-refractivity contribution in [3.63, 3.8) is 0 Å². The highest BCUT2D eigenvalue weighted by Crippen LogP contribution is 2.47. The van der Waals surface area contributed by atoms with Gasteiger partial charge in [0.25, 0.3) is 5.91 Å². The first-order valence-corrected chi connectivity index (χ1v) is 9.06. The van der Waals surface area contributed by atoms with Crippen LogP contribution in [0.3, 0.4) is 0 Å². The van der Waals surface area contributed by atoms with Gasteiger partial charge in [-0.1, -0.05) is 41.4 Å². The zero-order chi connectivity index (χ0) is 18.2. The average Bonchev–Trinajstić information content (AvgIpc) is 3.10. The Morgan fingerprint density at radius 3 is 2.85 bits per heavy atom. The number of aromatic amines is 1. The van der Waals surface area contributed by atoms with Crippen molar-refractivity contribution in [3.05, 3.63) is 63.0 Å². The molecule has 1 amide bonds. The van der Waals surface area contributed by atoms with Crippen molar-refractivity contribution in [2.75, 3.05) is 5.32 Å². The number of nitrogens with one attached hydrogen (secondary N) is 3. The number of rotatable bonds is 0. The molecule has 0 unspecified atom stereocenters. The van der Waals surface area contributed by atoms with Gasteiger partial charge in [-0.3, -0.25) is 10.1 Å². The van der Waals surface area contributed by atoms with Gasteiger partial charge in [0.05, 0.1) is 15.7 Å². The van der Waals surface area contributed by atoms with Gasteiger partial charge in [0.15, 0.2) is 11.4 Å². The SMILES string of the molecule is C[C@H]1Cc2c([nH]c3cc(Cl)c(F)c(Cl)c23)[C@@]2(N1)C(=O)Nc1ccccc12. The van der Waals surface area contributed by atoms with E-state index >= 15 is 0 Å². The largest absolute Gasteiger partial charge is 0.356 e. The van der Waals surface area contributed by atoms with Gasteiger partial charge < -0.3 is 10.3 Å². The third-order valence-corrected chi connectivity index (χ3v) is 5.92. The van der Waals surface area contributed by atoms with E-state index in [9.17, 15) is 9.18 Å². The van der Waals surface area contributed by atoms with E-state index in [1.807, 2.05) is 31.2 Å². The summed E-state index contributed by atoms with van der Waals surface area (Å²) in [7, 11) is 0. The summed E-state index contributed by atoms with van der Waals surface area (Å²) in [6.45, 7) is 2.00. The maximum atomic E-state index is 14.3. The summed E-state index contributed by atoms with van der Waals surface area (Å²) in [5, 5.41) is 6.93. The standard InChI is InChI=1S/C19H14Cl2FN3O/c1-8-6-9-14-13(7-11(20)16(22)15(14)21)23-17(9)19(25-8)10-4-2-3-5-12(10)24-18(19)26/h2-5,7-8,23,25H,6H2,1H3,(H,24,26)/t8-,19+/m0/s1. The van der Waals surface area contributed by atoms with Crippen molar-refractivity contribution in [2.45, 2.75) is 24.9 Å². The average molecular weight is 390 g/mol. The second-order valence-corrected chi connectivity index (χ2v) is 7.67. The lowest BCUT2D eigenvalue weighted by atomic mass is 9.80. The monoisotopic (exact) mass is 389 g/mol. The zero-order valence-corrected chi connectivity index (χ0v) is 15.2. The van der Waals surface area contributed by atoms with Gasteiger partial charge in [-0.15, -0.1) is 0 Å². The second-order valence-electron chi connectivity index (χ2n) is 6.89. The van der Waals surface area contributed by atoms with E-state index in [1.54, 1.807) is 0 Å². The van der Waals surface area contributed by atoms with E-state index in [4.69, 9.17) is 23.2 Å². The lowest BCUT2D eigenvalue weighted by Crippen LogP contribution is -2.56. The Hall–Kier alpha value is -2.08. The molecule has 3 heterocycles. The topological polar surface area (TPSA) is 56.9 Å². The predicted molar refractivity (Wildman–Crippen MR) is 100 cm³/mol. The van der Waals surface area contributed by atoms with Crippen molar-refractivity contribution in [2.24, 2.45) is 0 Å². The van der Waals surface area contributed by atoms with Crippen LogP contribution in [0, 0.1) is 5.82 Å². The van der Waals surface area contributed by atoms with Crippen LogP contribution in [0.2, 0.25) is 10.0 Å². The number of benzene rings is 2. The molecule has 3 N–H and O–H groups in total. The molecule has 4 nitrogen and oxygen atoms in total. The third-order valence-electron chi connectivity index (χ3n) is 5.29. The van der Waals surface area contributed by atoms with E-state index in [0.717, 1.165) is 16.8 Å². The van der Waals surface area contributed by atoms with Gasteiger partial charge in [0.1, 0.15) is 0 Å². The maximum absolute atomic E-state index is 14.3. The normalized spacial score (nSPS) is 24.0. The van der Waals surface area contributed by atoms with Crippen LogP contribution in [0.4, 0.5) is 10.1 Å². The van der Waals surface area contributed by atoms with Gasteiger partial charge in [-0.2, -0.15) is 0 Å². The van der Waals surface area contributed by atoms with Crippen LogP contribution in [0.15, 0.2) is 30.3 Å². The molecule has 1 aromatic heterocycles. The number of H-pyrrole nitrogens is 1. The van der Waals surface area contributed by atoms with Gasteiger partial charge in [0.2, 0.25) is 0 Å². The van der Waals surface area contributed by atoms with E-state index in [2.05, 4.69) is 15.6 Å². The summed E-state index contributed by atoms with van der Waals surface area (Å²) in [6.07, 6.45) is 0.618. The van der Waals surface area contributed by atoms with E-state index in [-0.39, 0.29) is 22.0 Å². The molecule has 2 atom stereocenters. The van der Waals surface area contributed by atoms with Crippen molar-refractivity contribution >= 4 is 45.7 Å². The number of anilines is 1. The van der Waals surface area contributed by atoms with Gasteiger partial charge >= 0.3 is 0 Å². The number of aromatic nitrogens is 1. The highest BCUT2D eigenvalue weighted by Gasteiger charge is 2.53. The summed E-state index contributed by atoms with van der Waals surface area (Å²) < 4.78 is 14.3. The summed E-state index contributed by atoms with van der Waals surface area (Å²) in [6, 6.07) is 9.08. The number of carbonyl (C=O) groups is 1. The summed E-state index contributed by atoms with van der Waals surface area (Å²) >= 11 is 12.3. The molecule has 2 aromatic carbocycles. The van der Waals surface area contributed by atoms with Crippen molar-refractivity contribution in [1.82, 2.24) is 10.3 Å². The number of fused-ring (bicyclic) bond motifs is 6. The molecule has 132 valence electrons. The van der Waals surface area contributed by atoms with Crippen molar-refractivity contribution in [1.29, 1.82) is 0 Å². The van der Waals surface area contributed by atoms with Crippen LogP contribution < -0.4 is 10.6 Å². The fourth-order valence-electron chi connectivity index (χ4n) is 4.30. The molecular weight excluding hydrogens is 376 g/mol. The first-order chi connectivity index (χ1) is 12.4. The van der Waals surface area contributed by atoms with E-state index in [1.165, 1.54) is 6.07 Å². The molecule has 26 heavy (non-hydrogen) atoms. The Labute approximate surface area is 158 Å². The molecule has 0 saturated heterocycles. The molecular formula is C19H14Cl2FN3O. The number of para-hydroxylation sites is 1. The molecule has 0 aliphatic carbocycles. The second kappa shape index (κ2) is 5.22. The number of halogens is 3. The molecule has 7 heteroatoms. The van der Waals surface area contributed by atoms with Gasteiger partial charge in [-0.25, -0.2) is 4.39 Å². The molecule has 2 aliphatic heterocycles. The highest BCUT2D eigenvalue weighted by molar-refractivity contribution is 6.39. The third kappa shape index (κ3) is 1.85. The van der Waals surface area contributed by atoms with Gasteiger partial charge in [0, 0.05) is 28.2 Å². The van der Waals surface area contributed by atoms with Crippen molar-refractivity contribution < 1.29 is 9.18 Å². The van der Waals surface area contributed by atoms with Crippen LogP contribution in [0.25, 0.3) is 10.9 Å². The number of hydrogen-bond donors (Lipinski definition) is 3. The molecule has 2 aliphatic rings. The quantitative estimate of drug-likeness (QED) is 0.500. The molecule has 0 fully saturated rings. The molecule has 0 radical (unpaired) electrons. The van der Waals surface area contributed by atoms with Crippen LogP contribution >= 0.6 is 23.2 Å². The number of carbonyl (C=O) groups excluding carboxylic acids is 1.